The number of ether oxygens (including phenoxy) is 2. The molecule has 0 saturated heterocycles. The number of benzene rings is 1. The van der Waals surface area contributed by atoms with Crippen LogP contribution in [0.3, 0.4) is 0 Å². The highest BCUT2D eigenvalue weighted by atomic mass is 16.5. The van der Waals surface area contributed by atoms with Crippen molar-refractivity contribution in [1.82, 2.24) is 0 Å². The zero-order chi connectivity index (χ0) is 27.8. The highest BCUT2D eigenvalue weighted by Crippen LogP contribution is 2.67. The Labute approximate surface area is 238 Å². The van der Waals surface area contributed by atoms with Gasteiger partial charge in [-0.2, -0.15) is 0 Å². The number of rotatable bonds is 9. The Hall–Kier alpha value is -1.61. The maximum Gasteiger partial charge on any atom is 0.338 e. The fourth-order valence-corrected chi connectivity index (χ4v) is 9.86. The van der Waals surface area contributed by atoms with E-state index in [1.54, 1.807) is 0 Å². The SMILES string of the molecule is CCO[C@@H]1C=C2C[C@@H](OC(=O)c3ccccc3)CC[C@]2(C)[C@@H]2CC[C@]3(C)[C@H](CC[C@H]3[C@@H](C)CCCC(C)C)[C@H]21. The van der Waals surface area contributed by atoms with Crippen LogP contribution in [0.5, 0.6) is 0 Å². The molecule has 0 unspecified atom stereocenters. The van der Waals surface area contributed by atoms with E-state index in [0.717, 1.165) is 49.5 Å². The third kappa shape index (κ3) is 5.51. The molecule has 0 bridgehead atoms. The summed E-state index contributed by atoms with van der Waals surface area (Å²) in [5.41, 5.74) is 2.80. The Morgan fingerprint density at radius 2 is 1.74 bits per heavy atom. The molecule has 4 aliphatic rings. The average molecular weight is 535 g/mol. The van der Waals surface area contributed by atoms with E-state index in [2.05, 4.69) is 47.6 Å². The molecule has 0 aliphatic heterocycles. The molecule has 9 atom stereocenters. The Balaban J connectivity index is 1.34. The summed E-state index contributed by atoms with van der Waals surface area (Å²) in [5, 5.41) is 0. The van der Waals surface area contributed by atoms with Crippen LogP contribution in [0, 0.1) is 46.3 Å². The van der Waals surface area contributed by atoms with Gasteiger partial charge in [0.1, 0.15) is 6.10 Å². The van der Waals surface area contributed by atoms with E-state index in [-0.39, 0.29) is 23.6 Å². The van der Waals surface area contributed by atoms with Gasteiger partial charge in [0.25, 0.3) is 0 Å². The Morgan fingerprint density at radius 3 is 2.46 bits per heavy atom. The lowest BCUT2D eigenvalue weighted by Crippen LogP contribution is -2.55. The lowest BCUT2D eigenvalue weighted by atomic mass is 9.46. The molecule has 39 heavy (non-hydrogen) atoms. The number of fused-ring (bicyclic) bond motifs is 5. The number of esters is 1. The van der Waals surface area contributed by atoms with Gasteiger partial charge in [0.05, 0.1) is 11.7 Å². The van der Waals surface area contributed by atoms with Crippen LogP contribution in [0.25, 0.3) is 0 Å². The van der Waals surface area contributed by atoms with Gasteiger partial charge in [0.15, 0.2) is 0 Å². The van der Waals surface area contributed by atoms with Gasteiger partial charge in [-0.1, -0.05) is 83.7 Å². The van der Waals surface area contributed by atoms with Crippen molar-refractivity contribution in [3.8, 4) is 0 Å². The molecule has 0 heterocycles. The molecule has 0 spiro atoms. The van der Waals surface area contributed by atoms with Gasteiger partial charge in [0.2, 0.25) is 0 Å². The normalized spacial score (nSPS) is 38.4. The van der Waals surface area contributed by atoms with Crippen LogP contribution in [0.4, 0.5) is 0 Å². The largest absolute Gasteiger partial charge is 0.458 e. The van der Waals surface area contributed by atoms with Crippen LogP contribution in [-0.4, -0.2) is 24.8 Å². The van der Waals surface area contributed by atoms with Gasteiger partial charge in [-0.25, -0.2) is 4.79 Å². The molecule has 216 valence electrons. The molecule has 3 fully saturated rings. The van der Waals surface area contributed by atoms with Gasteiger partial charge in [-0.3, -0.25) is 0 Å². The summed E-state index contributed by atoms with van der Waals surface area (Å²) in [7, 11) is 0. The lowest BCUT2D eigenvalue weighted by Gasteiger charge is -2.60. The second kappa shape index (κ2) is 11.7. The first-order valence-electron chi connectivity index (χ1n) is 16.3. The fraction of sp³-hybridized carbons (Fsp3) is 0.750. The van der Waals surface area contributed by atoms with Crippen LogP contribution in [0.1, 0.15) is 116 Å². The van der Waals surface area contributed by atoms with Crippen molar-refractivity contribution in [2.75, 3.05) is 6.61 Å². The Kier molecular flexibility index (Phi) is 8.68. The van der Waals surface area contributed by atoms with Gasteiger partial charge in [0, 0.05) is 13.0 Å². The van der Waals surface area contributed by atoms with Crippen molar-refractivity contribution in [1.29, 1.82) is 0 Å². The van der Waals surface area contributed by atoms with E-state index in [1.807, 2.05) is 30.3 Å². The van der Waals surface area contributed by atoms with Crippen LogP contribution in [0.2, 0.25) is 0 Å². The standard InChI is InChI=1S/C36H54O3/c1-7-38-32-23-27-22-28(39-34(37)26-14-9-8-10-15-26)18-20-35(27,5)31-19-21-36(6)29(16-17-30(36)33(31)32)25(4)13-11-12-24(2)3/h8-10,14-15,23-25,28-33H,7,11-13,16-22H2,1-6H3/t25-,28-,29-,30+,31+,32+,33+,35-,36-/m0/s1. The van der Waals surface area contributed by atoms with Crippen molar-refractivity contribution in [3.63, 3.8) is 0 Å². The first-order chi connectivity index (χ1) is 18.7. The van der Waals surface area contributed by atoms with E-state index in [4.69, 9.17) is 9.47 Å². The first kappa shape index (κ1) is 28.9. The summed E-state index contributed by atoms with van der Waals surface area (Å²) in [6, 6.07) is 9.45. The molecular formula is C36H54O3. The van der Waals surface area contributed by atoms with Crippen LogP contribution in [0.15, 0.2) is 42.0 Å². The second-order valence-corrected chi connectivity index (χ2v) is 14.5. The molecular weight excluding hydrogens is 480 g/mol. The van der Waals surface area contributed by atoms with Gasteiger partial charge in [-0.05, 0) is 104 Å². The second-order valence-electron chi connectivity index (χ2n) is 14.5. The monoisotopic (exact) mass is 534 g/mol. The minimum absolute atomic E-state index is 0.0349. The van der Waals surface area contributed by atoms with E-state index in [9.17, 15) is 4.79 Å². The molecule has 0 N–H and O–H groups in total. The summed E-state index contributed by atoms with van der Waals surface area (Å²) in [6.07, 6.45) is 15.2. The molecule has 0 aromatic heterocycles. The predicted molar refractivity (Wildman–Crippen MR) is 159 cm³/mol. The number of hydrogen-bond donors (Lipinski definition) is 0. The first-order valence-corrected chi connectivity index (χ1v) is 16.3. The molecule has 1 aromatic rings. The molecule has 3 heteroatoms. The minimum Gasteiger partial charge on any atom is -0.458 e. The number of hydrogen-bond acceptors (Lipinski definition) is 3. The minimum atomic E-state index is -0.187. The predicted octanol–water partition coefficient (Wildman–Crippen LogP) is 9.27. The topological polar surface area (TPSA) is 35.5 Å². The van der Waals surface area contributed by atoms with E-state index in [1.165, 1.54) is 50.5 Å². The van der Waals surface area contributed by atoms with Crippen LogP contribution >= 0.6 is 0 Å². The smallest absolute Gasteiger partial charge is 0.338 e. The zero-order valence-corrected chi connectivity index (χ0v) is 25.6. The fourth-order valence-electron chi connectivity index (χ4n) is 9.86. The molecule has 1 aromatic carbocycles. The third-order valence-corrected chi connectivity index (χ3v) is 11.9. The number of carbonyl (C=O) groups is 1. The molecule has 4 aliphatic carbocycles. The van der Waals surface area contributed by atoms with Gasteiger partial charge < -0.3 is 9.47 Å². The summed E-state index contributed by atoms with van der Waals surface area (Å²) in [6.45, 7) is 15.4. The van der Waals surface area contributed by atoms with Crippen molar-refractivity contribution in [2.24, 2.45) is 46.3 Å². The zero-order valence-electron chi connectivity index (χ0n) is 25.6. The maximum atomic E-state index is 12.8. The summed E-state index contributed by atoms with van der Waals surface area (Å²) < 4.78 is 12.6. The molecule has 5 rings (SSSR count). The van der Waals surface area contributed by atoms with Gasteiger partial charge >= 0.3 is 5.97 Å². The number of carbonyl (C=O) groups excluding carboxylic acids is 1. The van der Waals surface area contributed by atoms with E-state index in [0.29, 0.717) is 22.8 Å². The molecule has 3 saturated carbocycles. The molecule has 0 amide bonds. The summed E-state index contributed by atoms with van der Waals surface area (Å²) >= 11 is 0. The van der Waals surface area contributed by atoms with E-state index < -0.39 is 0 Å². The van der Waals surface area contributed by atoms with Crippen molar-refractivity contribution < 1.29 is 14.3 Å². The molecule has 0 radical (unpaired) electrons. The summed E-state index contributed by atoms with van der Waals surface area (Å²) in [5.74, 6) is 4.35. The average Bonchev–Trinajstić information content (AvgIpc) is 3.27. The summed E-state index contributed by atoms with van der Waals surface area (Å²) in [4.78, 5) is 12.8. The van der Waals surface area contributed by atoms with Crippen LogP contribution < -0.4 is 0 Å². The third-order valence-electron chi connectivity index (χ3n) is 11.9. The maximum absolute atomic E-state index is 12.8. The van der Waals surface area contributed by atoms with Crippen molar-refractivity contribution in [2.45, 2.75) is 118 Å². The quantitative estimate of drug-likeness (QED) is 0.234. The Bertz CT molecular complexity index is 1010. The van der Waals surface area contributed by atoms with Crippen molar-refractivity contribution >= 4 is 5.97 Å². The lowest BCUT2D eigenvalue weighted by molar-refractivity contribution is -0.113. The van der Waals surface area contributed by atoms with E-state index >= 15 is 0 Å². The highest BCUT2D eigenvalue weighted by molar-refractivity contribution is 5.89. The van der Waals surface area contributed by atoms with Gasteiger partial charge in [-0.15, -0.1) is 0 Å². The Morgan fingerprint density at radius 1 is 0.974 bits per heavy atom. The molecule has 3 nitrogen and oxygen atoms in total. The van der Waals surface area contributed by atoms with Crippen molar-refractivity contribution in [3.05, 3.63) is 47.5 Å². The highest BCUT2D eigenvalue weighted by Gasteiger charge is 2.61. The van der Waals surface area contributed by atoms with Crippen LogP contribution in [-0.2, 0) is 9.47 Å².